The number of morpholine rings is 1. The maximum Gasteiger partial charge on any atom is 0.225 e. The summed E-state index contributed by atoms with van der Waals surface area (Å²) in [6, 6.07) is 6.00. The Bertz CT molecular complexity index is 1020. The third-order valence-corrected chi connectivity index (χ3v) is 9.69. The Morgan fingerprint density at radius 2 is 2.17 bits per heavy atom. The van der Waals surface area contributed by atoms with Gasteiger partial charge in [-0.3, -0.25) is 9.78 Å². The highest BCUT2D eigenvalue weighted by atomic mass is 32.1. The van der Waals surface area contributed by atoms with E-state index in [0.29, 0.717) is 26.3 Å². The van der Waals surface area contributed by atoms with Crippen LogP contribution in [-0.4, -0.2) is 64.8 Å². The quantitative estimate of drug-likeness (QED) is 0.631. The van der Waals surface area contributed by atoms with Gasteiger partial charge in [-0.05, 0) is 48.6 Å². The topological polar surface area (TPSA) is 87.6 Å². The van der Waals surface area contributed by atoms with Crippen molar-refractivity contribution in [1.29, 1.82) is 0 Å². The number of carbonyl (C=O) groups excluding carboxylic acids is 1. The summed E-state index contributed by atoms with van der Waals surface area (Å²) in [5.41, 5.74) is 2.23. The predicted octanol–water partition coefficient (Wildman–Crippen LogP) is 3.74. The molecule has 3 heterocycles. The van der Waals surface area contributed by atoms with E-state index in [9.17, 15) is 9.90 Å². The molecule has 2 aliphatic carbocycles. The maximum atomic E-state index is 13.2. The van der Waals surface area contributed by atoms with Crippen molar-refractivity contribution in [3.63, 3.8) is 0 Å². The zero-order valence-electron chi connectivity index (χ0n) is 21.1. The van der Waals surface area contributed by atoms with Crippen molar-refractivity contribution in [2.75, 3.05) is 38.2 Å². The molecule has 0 unspecified atom stereocenters. The summed E-state index contributed by atoms with van der Waals surface area (Å²) in [7, 11) is 0. The van der Waals surface area contributed by atoms with Crippen LogP contribution in [0.2, 0.25) is 0 Å². The Morgan fingerprint density at radius 3 is 2.91 bits per heavy atom. The number of anilines is 1. The fourth-order valence-electron chi connectivity index (χ4n) is 6.72. The number of nitrogens with one attached hydrogen (secondary N) is 1. The zero-order valence-corrected chi connectivity index (χ0v) is 21.9. The second-order valence-corrected chi connectivity index (χ2v) is 12.0. The van der Waals surface area contributed by atoms with Crippen LogP contribution in [0.3, 0.4) is 0 Å². The summed E-state index contributed by atoms with van der Waals surface area (Å²) in [6.45, 7) is 9.88. The number of nitrogens with zero attached hydrogens (tertiary/aromatic N) is 3. The molecule has 2 aromatic heterocycles. The summed E-state index contributed by atoms with van der Waals surface area (Å²) in [6.07, 6.45) is 5.06. The van der Waals surface area contributed by atoms with E-state index in [1.165, 1.54) is 4.88 Å². The van der Waals surface area contributed by atoms with Crippen LogP contribution in [0.4, 0.5) is 5.13 Å². The van der Waals surface area contributed by atoms with Gasteiger partial charge in [0.05, 0.1) is 25.0 Å². The van der Waals surface area contributed by atoms with Gasteiger partial charge in [0.1, 0.15) is 0 Å². The second-order valence-electron chi connectivity index (χ2n) is 10.9. The number of aliphatic hydroxyl groups is 1. The van der Waals surface area contributed by atoms with Crippen LogP contribution >= 0.6 is 11.3 Å². The Balaban J connectivity index is 1.28. The maximum absolute atomic E-state index is 13.2. The molecule has 2 aromatic rings. The van der Waals surface area contributed by atoms with Gasteiger partial charge in [-0.1, -0.05) is 26.8 Å². The molecule has 0 spiro atoms. The average Bonchev–Trinajstić information content (AvgIpc) is 3.27. The lowest BCUT2D eigenvalue weighted by molar-refractivity contribution is -0.148. The SMILES string of the molecule is C[C@H](C(=O)N1CCOCC1)[C@H]1CC[C@@]2(C)Cc3sc(NCCc4ccccn4)nc3[C@@H](C)[C@@H]2[C@H]1O. The molecule has 190 valence electrons. The second kappa shape index (κ2) is 10.1. The van der Waals surface area contributed by atoms with E-state index in [4.69, 9.17) is 9.72 Å². The van der Waals surface area contributed by atoms with Crippen molar-refractivity contribution in [1.82, 2.24) is 14.9 Å². The number of thiazole rings is 1. The summed E-state index contributed by atoms with van der Waals surface area (Å²) in [5, 5.41) is 16.1. The normalized spacial score (nSPS) is 31.4. The van der Waals surface area contributed by atoms with E-state index in [0.717, 1.165) is 48.7 Å². The number of amides is 1. The Morgan fingerprint density at radius 1 is 1.37 bits per heavy atom. The van der Waals surface area contributed by atoms with Crippen LogP contribution in [0.1, 0.15) is 55.8 Å². The largest absolute Gasteiger partial charge is 0.392 e. The lowest BCUT2D eigenvalue weighted by Gasteiger charge is -2.53. The minimum absolute atomic E-state index is 0.0120. The van der Waals surface area contributed by atoms with Gasteiger partial charge >= 0.3 is 0 Å². The number of pyridine rings is 1. The molecule has 0 bridgehead atoms. The Hall–Kier alpha value is -2.03. The third-order valence-electron chi connectivity index (χ3n) is 8.66. The van der Waals surface area contributed by atoms with Crippen molar-refractivity contribution in [3.8, 4) is 0 Å². The number of aliphatic hydroxyl groups excluding tert-OH is 1. The molecule has 2 N–H and O–H groups in total. The molecular weight excluding hydrogens is 460 g/mol. The number of rotatable bonds is 6. The van der Waals surface area contributed by atoms with Crippen molar-refractivity contribution in [2.24, 2.45) is 23.2 Å². The van der Waals surface area contributed by atoms with Gasteiger partial charge in [0, 0.05) is 54.7 Å². The van der Waals surface area contributed by atoms with E-state index in [1.807, 2.05) is 36.2 Å². The van der Waals surface area contributed by atoms with Crippen LogP contribution < -0.4 is 5.32 Å². The molecular formula is C27H38N4O3S. The van der Waals surface area contributed by atoms with Crippen molar-refractivity contribution >= 4 is 22.4 Å². The molecule has 1 aliphatic heterocycles. The van der Waals surface area contributed by atoms with E-state index in [2.05, 4.69) is 24.1 Å². The number of hydrogen-bond donors (Lipinski definition) is 2. The number of hydrogen-bond acceptors (Lipinski definition) is 7. The van der Waals surface area contributed by atoms with E-state index in [1.54, 1.807) is 11.3 Å². The lowest BCUT2D eigenvalue weighted by Crippen LogP contribution is -2.54. The van der Waals surface area contributed by atoms with Crippen LogP contribution in [0.15, 0.2) is 24.4 Å². The molecule has 8 heteroatoms. The summed E-state index contributed by atoms with van der Waals surface area (Å²) in [4.78, 5) is 25.9. The van der Waals surface area contributed by atoms with Crippen LogP contribution in [-0.2, 0) is 22.4 Å². The van der Waals surface area contributed by atoms with Gasteiger partial charge < -0.3 is 20.1 Å². The highest BCUT2D eigenvalue weighted by Crippen LogP contribution is 2.57. The smallest absolute Gasteiger partial charge is 0.225 e. The molecule has 5 rings (SSSR count). The van der Waals surface area contributed by atoms with E-state index < -0.39 is 6.10 Å². The van der Waals surface area contributed by atoms with Crippen molar-refractivity contribution in [3.05, 3.63) is 40.7 Å². The monoisotopic (exact) mass is 498 g/mol. The van der Waals surface area contributed by atoms with Gasteiger partial charge in [0.2, 0.25) is 5.91 Å². The fraction of sp³-hybridized carbons (Fsp3) is 0.667. The molecule has 7 nitrogen and oxygen atoms in total. The fourth-order valence-corrected chi connectivity index (χ4v) is 8.01. The Labute approximate surface area is 212 Å². The first-order valence-electron chi connectivity index (χ1n) is 13.1. The molecule has 1 saturated heterocycles. The number of fused-ring (bicyclic) bond motifs is 2. The molecule has 35 heavy (non-hydrogen) atoms. The van der Waals surface area contributed by atoms with Crippen LogP contribution in [0, 0.1) is 23.2 Å². The zero-order chi connectivity index (χ0) is 24.6. The highest BCUT2D eigenvalue weighted by molar-refractivity contribution is 7.15. The summed E-state index contributed by atoms with van der Waals surface area (Å²) >= 11 is 1.76. The van der Waals surface area contributed by atoms with Gasteiger partial charge in [0.25, 0.3) is 0 Å². The highest BCUT2D eigenvalue weighted by Gasteiger charge is 2.54. The first kappa shape index (κ1) is 24.7. The van der Waals surface area contributed by atoms with Crippen LogP contribution in [0.25, 0.3) is 0 Å². The van der Waals surface area contributed by atoms with E-state index >= 15 is 0 Å². The molecule has 1 amide bonds. The lowest BCUT2D eigenvalue weighted by atomic mass is 9.53. The average molecular weight is 499 g/mol. The third kappa shape index (κ3) is 4.85. The van der Waals surface area contributed by atoms with E-state index in [-0.39, 0.29) is 35.0 Å². The summed E-state index contributed by atoms with van der Waals surface area (Å²) in [5.74, 6) is 0.243. The van der Waals surface area contributed by atoms with Crippen LogP contribution in [0.5, 0.6) is 0 Å². The molecule has 0 radical (unpaired) electrons. The van der Waals surface area contributed by atoms with Gasteiger partial charge in [-0.15, -0.1) is 11.3 Å². The molecule has 1 saturated carbocycles. The number of carbonyl (C=O) groups is 1. The molecule has 3 aliphatic rings. The molecule has 2 fully saturated rings. The first-order valence-corrected chi connectivity index (χ1v) is 13.9. The minimum atomic E-state index is -0.501. The van der Waals surface area contributed by atoms with Crippen molar-refractivity contribution in [2.45, 2.75) is 58.5 Å². The van der Waals surface area contributed by atoms with Gasteiger partial charge in [0.15, 0.2) is 5.13 Å². The minimum Gasteiger partial charge on any atom is -0.392 e. The van der Waals surface area contributed by atoms with Gasteiger partial charge in [-0.2, -0.15) is 0 Å². The first-order chi connectivity index (χ1) is 16.9. The number of ether oxygens (including phenoxy) is 1. The Kier molecular flexibility index (Phi) is 7.15. The molecule has 6 atom stereocenters. The van der Waals surface area contributed by atoms with Gasteiger partial charge in [-0.25, -0.2) is 4.98 Å². The number of aromatic nitrogens is 2. The predicted molar refractivity (Wildman–Crippen MR) is 138 cm³/mol. The summed E-state index contributed by atoms with van der Waals surface area (Å²) < 4.78 is 5.42. The van der Waals surface area contributed by atoms with Crippen molar-refractivity contribution < 1.29 is 14.6 Å². The standard InChI is InChI=1S/C27H38N4O3S/c1-17(25(33)31-12-14-34-15-13-31)20-7-9-27(3)16-21-23(18(2)22(27)24(20)32)30-26(35-21)29-11-8-19-6-4-5-10-28-19/h4-6,10,17-18,20,22,24,32H,7-9,11-16H2,1-3H3,(H,29,30)/t17-,18-,20+,22+,24-,27-/m0/s1. The molecule has 0 aromatic carbocycles.